The predicted molar refractivity (Wildman–Crippen MR) is 119 cm³/mol. The standard InChI is InChI=1S/C22H22FN5O2S/c1-14(16-5-8-19(23)9-6-16)28-15(2)26-20-10-7-17(11-21(20)28)18-12-24-22(25-13-18)27(3)31(4,29)30/h5-14H,1-4H3/t14-/m0/s1. The minimum Gasteiger partial charge on any atom is -0.321 e. The van der Waals surface area contributed by atoms with Crippen LogP contribution in [-0.4, -0.2) is 41.2 Å². The van der Waals surface area contributed by atoms with Gasteiger partial charge in [0.05, 0.1) is 23.3 Å². The van der Waals surface area contributed by atoms with Gasteiger partial charge in [0.15, 0.2) is 0 Å². The molecule has 0 N–H and O–H groups in total. The molecule has 7 nitrogen and oxygen atoms in total. The molecular formula is C22H22FN5O2S. The molecule has 9 heteroatoms. The van der Waals surface area contributed by atoms with Gasteiger partial charge in [-0.05, 0) is 49.2 Å². The molecule has 31 heavy (non-hydrogen) atoms. The van der Waals surface area contributed by atoms with Crippen LogP contribution in [0.3, 0.4) is 0 Å². The van der Waals surface area contributed by atoms with Gasteiger partial charge in [-0.25, -0.2) is 32.1 Å². The van der Waals surface area contributed by atoms with Crippen LogP contribution in [0.5, 0.6) is 0 Å². The minimum absolute atomic E-state index is 0.0390. The first-order valence-electron chi connectivity index (χ1n) is 9.65. The van der Waals surface area contributed by atoms with Gasteiger partial charge in [-0.15, -0.1) is 0 Å². The number of rotatable bonds is 5. The van der Waals surface area contributed by atoms with Crippen molar-refractivity contribution in [2.75, 3.05) is 17.6 Å². The van der Waals surface area contributed by atoms with Crippen LogP contribution >= 0.6 is 0 Å². The van der Waals surface area contributed by atoms with Crippen molar-refractivity contribution in [3.05, 3.63) is 72.1 Å². The molecule has 0 spiro atoms. The monoisotopic (exact) mass is 439 g/mol. The van der Waals surface area contributed by atoms with E-state index in [0.717, 1.165) is 44.1 Å². The maximum atomic E-state index is 13.3. The highest BCUT2D eigenvalue weighted by Gasteiger charge is 2.17. The zero-order chi connectivity index (χ0) is 22.3. The topological polar surface area (TPSA) is 81.0 Å². The number of sulfonamides is 1. The number of imidazole rings is 1. The molecule has 0 aliphatic carbocycles. The summed E-state index contributed by atoms with van der Waals surface area (Å²) < 4.78 is 39.9. The molecule has 2 heterocycles. The van der Waals surface area contributed by atoms with E-state index < -0.39 is 10.0 Å². The van der Waals surface area contributed by atoms with Crippen molar-refractivity contribution in [2.45, 2.75) is 19.9 Å². The number of hydrogen-bond donors (Lipinski definition) is 0. The van der Waals surface area contributed by atoms with Gasteiger partial charge in [-0.1, -0.05) is 18.2 Å². The Labute approximate surface area is 180 Å². The Morgan fingerprint density at radius 1 is 1.03 bits per heavy atom. The van der Waals surface area contributed by atoms with Crippen LogP contribution in [0.2, 0.25) is 0 Å². The molecule has 0 saturated carbocycles. The number of fused-ring (bicyclic) bond motifs is 1. The lowest BCUT2D eigenvalue weighted by Gasteiger charge is -2.17. The highest BCUT2D eigenvalue weighted by Crippen LogP contribution is 2.29. The lowest BCUT2D eigenvalue weighted by atomic mass is 10.1. The Morgan fingerprint density at radius 3 is 2.29 bits per heavy atom. The van der Waals surface area contributed by atoms with Crippen molar-refractivity contribution in [3.8, 4) is 11.1 Å². The Hall–Kier alpha value is -3.33. The second-order valence-electron chi connectivity index (χ2n) is 7.46. The third-order valence-corrected chi connectivity index (χ3v) is 6.51. The second kappa shape index (κ2) is 7.73. The number of halogens is 1. The zero-order valence-electron chi connectivity index (χ0n) is 17.6. The molecule has 1 atom stereocenters. The first-order chi connectivity index (χ1) is 14.6. The summed E-state index contributed by atoms with van der Waals surface area (Å²) in [6, 6.07) is 12.3. The maximum Gasteiger partial charge on any atom is 0.238 e. The van der Waals surface area contributed by atoms with Gasteiger partial charge in [0.2, 0.25) is 16.0 Å². The van der Waals surface area contributed by atoms with E-state index in [2.05, 4.69) is 19.5 Å². The Bertz CT molecular complexity index is 1350. The number of anilines is 1. The molecule has 4 aromatic rings. The smallest absolute Gasteiger partial charge is 0.238 e. The van der Waals surface area contributed by atoms with E-state index in [4.69, 9.17) is 0 Å². The Balaban J connectivity index is 1.74. The van der Waals surface area contributed by atoms with E-state index in [1.54, 1.807) is 24.5 Å². The van der Waals surface area contributed by atoms with Crippen molar-refractivity contribution in [3.63, 3.8) is 0 Å². The lowest BCUT2D eigenvalue weighted by Crippen LogP contribution is -2.26. The third kappa shape index (κ3) is 4.00. The largest absolute Gasteiger partial charge is 0.321 e. The molecule has 0 saturated heterocycles. The van der Waals surface area contributed by atoms with Crippen molar-refractivity contribution >= 4 is 27.0 Å². The van der Waals surface area contributed by atoms with Crippen LogP contribution in [0.25, 0.3) is 22.2 Å². The van der Waals surface area contributed by atoms with Crippen LogP contribution in [0, 0.1) is 12.7 Å². The first kappa shape index (κ1) is 20.9. The van der Waals surface area contributed by atoms with Crippen LogP contribution in [-0.2, 0) is 10.0 Å². The van der Waals surface area contributed by atoms with Crippen molar-refractivity contribution in [1.82, 2.24) is 19.5 Å². The fraction of sp³-hybridized carbons (Fsp3) is 0.227. The van der Waals surface area contributed by atoms with Crippen LogP contribution in [0.4, 0.5) is 10.3 Å². The highest BCUT2D eigenvalue weighted by molar-refractivity contribution is 7.92. The van der Waals surface area contributed by atoms with E-state index in [0.29, 0.717) is 0 Å². The minimum atomic E-state index is -3.43. The Kier molecular flexibility index (Phi) is 5.22. The number of aromatic nitrogens is 4. The van der Waals surface area contributed by atoms with Crippen LogP contribution in [0.15, 0.2) is 54.9 Å². The summed E-state index contributed by atoms with van der Waals surface area (Å²) in [6.45, 7) is 3.99. The number of benzene rings is 2. The van der Waals surface area contributed by atoms with Gasteiger partial charge in [-0.2, -0.15) is 0 Å². The van der Waals surface area contributed by atoms with Gasteiger partial charge < -0.3 is 4.57 Å². The molecule has 2 aromatic heterocycles. The lowest BCUT2D eigenvalue weighted by molar-refractivity contribution is 0.599. The van der Waals surface area contributed by atoms with Gasteiger partial charge in [0.25, 0.3) is 0 Å². The summed E-state index contributed by atoms with van der Waals surface area (Å²) in [5, 5.41) is 0. The number of aryl methyl sites for hydroxylation is 1. The quantitative estimate of drug-likeness (QED) is 0.470. The number of hydrogen-bond acceptors (Lipinski definition) is 5. The zero-order valence-corrected chi connectivity index (χ0v) is 18.4. The van der Waals surface area contributed by atoms with Gasteiger partial charge in [-0.3, -0.25) is 0 Å². The normalized spacial score (nSPS) is 12.8. The molecule has 0 bridgehead atoms. The van der Waals surface area contributed by atoms with Crippen LogP contribution in [0.1, 0.15) is 24.4 Å². The molecule has 4 rings (SSSR count). The average molecular weight is 440 g/mol. The Morgan fingerprint density at radius 2 is 1.68 bits per heavy atom. The van der Waals surface area contributed by atoms with Crippen molar-refractivity contribution < 1.29 is 12.8 Å². The van der Waals surface area contributed by atoms with E-state index in [1.165, 1.54) is 19.2 Å². The molecule has 0 amide bonds. The van der Waals surface area contributed by atoms with Gasteiger partial charge in [0.1, 0.15) is 11.6 Å². The van der Waals surface area contributed by atoms with Crippen molar-refractivity contribution in [1.29, 1.82) is 0 Å². The SMILES string of the molecule is Cc1nc2ccc(-c3cnc(N(C)S(C)(=O)=O)nc3)cc2n1[C@@H](C)c1ccc(F)cc1. The van der Waals surface area contributed by atoms with Gasteiger partial charge >= 0.3 is 0 Å². The highest BCUT2D eigenvalue weighted by atomic mass is 32.2. The fourth-order valence-corrected chi connectivity index (χ4v) is 3.94. The molecule has 2 aromatic carbocycles. The van der Waals surface area contributed by atoms with E-state index in [9.17, 15) is 12.8 Å². The maximum absolute atomic E-state index is 13.3. The molecular weight excluding hydrogens is 417 g/mol. The fourth-order valence-electron chi connectivity index (χ4n) is 3.55. The van der Waals surface area contributed by atoms with Crippen molar-refractivity contribution in [2.24, 2.45) is 0 Å². The summed E-state index contributed by atoms with van der Waals surface area (Å²) in [5.74, 6) is 0.693. The van der Waals surface area contributed by atoms with Gasteiger partial charge in [0, 0.05) is 25.0 Å². The third-order valence-electron chi connectivity index (χ3n) is 5.36. The summed E-state index contributed by atoms with van der Waals surface area (Å²) in [6.07, 6.45) is 4.30. The molecule has 160 valence electrons. The van der Waals surface area contributed by atoms with E-state index in [1.807, 2.05) is 32.0 Å². The summed E-state index contributed by atoms with van der Waals surface area (Å²) in [5.41, 5.74) is 4.40. The van der Waals surface area contributed by atoms with E-state index in [-0.39, 0.29) is 17.8 Å². The first-order valence-corrected chi connectivity index (χ1v) is 11.5. The predicted octanol–water partition coefficient (Wildman–Crippen LogP) is 3.95. The summed E-state index contributed by atoms with van der Waals surface area (Å²) >= 11 is 0. The molecule has 0 unspecified atom stereocenters. The second-order valence-corrected chi connectivity index (χ2v) is 9.48. The molecule has 0 aliphatic rings. The summed E-state index contributed by atoms with van der Waals surface area (Å²) in [4.78, 5) is 13.1. The molecule has 0 aliphatic heterocycles. The number of nitrogens with zero attached hydrogens (tertiary/aromatic N) is 5. The molecule has 0 radical (unpaired) electrons. The summed E-state index contributed by atoms with van der Waals surface area (Å²) in [7, 11) is -2.02. The molecule has 0 fully saturated rings. The average Bonchev–Trinajstić information content (AvgIpc) is 3.07. The van der Waals surface area contributed by atoms with E-state index >= 15 is 0 Å². The van der Waals surface area contributed by atoms with Crippen LogP contribution < -0.4 is 4.31 Å².